The number of phenols is 1. The minimum Gasteiger partial charge on any atom is -0.508 e. The van der Waals surface area contributed by atoms with E-state index in [4.69, 9.17) is 11.6 Å². The highest BCUT2D eigenvalue weighted by atomic mass is 35.5. The van der Waals surface area contributed by atoms with Gasteiger partial charge in [-0.3, -0.25) is 0 Å². The van der Waals surface area contributed by atoms with Crippen molar-refractivity contribution in [3.05, 3.63) is 28.8 Å². The van der Waals surface area contributed by atoms with E-state index < -0.39 is 0 Å². The summed E-state index contributed by atoms with van der Waals surface area (Å²) in [6.07, 6.45) is 0. The fourth-order valence-electron chi connectivity index (χ4n) is 0.877. The number of phenolic OH excluding ortho intramolecular Hbond substituents is 1. The second-order valence-electron chi connectivity index (χ2n) is 2.30. The maximum atomic E-state index is 9.30. The molecule has 0 fully saturated rings. The highest BCUT2D eigenvalue weighted by molar-refractivity contribution is 6.30. The Hall–Kier alpha value is -0.440. The quantitative estimate of drug-likeness (QED) is 0.780. The van der Waals surface area contributed by atoms with E-state index in [1.165, 1.54) is 6.07 Å². The maximum absolute atomic E-state index is 9.30. The lowest BCUT2D eigenvalue weighted by atomic mass is 10.2. The summed E-state index contributed by atoms with van der Waals surface area (Å²) < 4.78 is 0. The van der Waals surface area contributed by atoms with Crippen LogP contribution in [0.4, 0.5) is 0 Å². The Balaban J connectivity index is 0.00000121. The number of benzene rings is 1. The van der Waals surface area contributed by atoms with E-state index >= 15 is 0 Å². The molecule has 1 aromatic rings. The third-order valence-electron chi connectivity index (χ3n) is 1.41. The Kier molecular flexibility index (Phi) is 5.06. The van der Waals surface area contributed by atoms with E-state index in [1.54, 1.807) is 12.1 Å². The molecule has 0 bridgehead atoms. The minimum atomic E-state index is 0. The van der Waals surface area contributed by atoms with Gasteiger partial charge in [0.1, 0.15) is 5.75 Å². The second kappa shape index (κ2) is 5.25. The van der Waals surface area contributed by atoms with Gasteiger partial charge in [0.25, 0.3) is 0 Å². The number of hydrogen-bond donors (Lipinski definition) is 2. The van der Waals surface area contributed by atoms with Crippen LogP contribution >= 0.6 is 24.0 Å². The molecule has 1 rings (SSSR count). The summed E-state index contributed by atoms with van der Waals surface area (Å²) in [6.45, 7) is 0.656. The number of rotatable bonds is 2. The van der Waals surface area contributed by atoms with Crippen LogP contribution in [-0.4, -0.2) is 12.2 Å². The van der Waals surface area contributed by atoms with Gasteiger partial charge in [0.05, 0.1) is 0 Å². The standard InChI is InChI=1S/C8H10ClNO.ClH/c1-10-5-6-2-3-7(9)4-8(6)11;/h2-4,10-11H,5H2,1H3;1H. The Labute approximate surface area is 83.0 Å². The van der Waals surface area contributed by atoms with Crippen LogP contribution < -0.4 is 5.32 Å². The monoisotopic (exact) mass is 207 g/mol. The third kappa shape index (κ3) is 2.89. The minimum absolute atomic E-state index is 0. The molecule has 0 heterocycles. The van der Waals surface area contributed by atoms with Crippen LogP contribution in [0.15, 0.2) is 18.2 Å². The van der Waals surface area contributed by atoms with E-state index in [0.717, 1.165) is 5.56 Å². The first kappa shape index (κ1) is 11.6. The molecule has 2 nitrogen and oxygen atoms in total. The molecule has 0 aliphatic carbocycles. The molecule has 0 radical (unpaired) electrons. The summed E-state index contributed by atoms with van der Waals surface area (Å²) in [6, 6.07) is 5.09. The molecular weight excluding hydrogens is 197 g/mol. The summed E-state index contributed by atoms with van der Waals surface area (Å²) in [5, 5.41) is 12.8. The van der Waals surface area contributed by atoms with E-state index in [0.29, 0.717) is 11.6 Å². The first-order chi connectivity index (χ1) is 5.24. The Morgan fingerprint density at radius 3 is 2.67 bits per heavy atom. The number of hydrogen-bond acceptors (Lipinski definition) is 2. The van der Waals surface area contributed by atoms with Crippen LogP contribution in [0, 0.1) is 0 Å². The Morgan fingerprint density at radius 1 is 1.50 bits per heavy atom. The zero-order chi connectivity index (χ0) is 8.27. The van der Waals surface area contributed by atoms with Crippen molar-refractivity contribution in [2.75, 3.05) is 7.05 Å². The van der Waals surface area contributed by atoms with Gasteiger partial charge in [0, 0.05) is 17.1 Å². The molecule has 2 N–H and O–H groups in total. The van der Waals surface area contributed by atoms with Crippen molar-refractivity contribution in [3.8, 4) is 5.75 Å². The van der Waals surface area contributed by atoms with Gasteiger partial charge in [-0.25, -0.2) is 0 Å². The Bertz CT molecular complexity index is 253. The molecule has 0 spiro atoms. The van der Waals surface area contributed by atoms with Crippen molar-refractivity contribution in [2.24, 2.45) is 0 Å². The van der Waals surface area contributed by atoms with E-state index in [-0.39, 0.29) is 18.2 Å². The molecule has 68 valence electrons. The van der Waals surface area contributed by atoms with Gasteiger partial charge in [-0.15, -0.1) is 12.4 Å². The third-order valence-corrected chi connectivity index (χ3v) is 1.65. The summed E-state index contributed by atoms with van der Waals surface area (Å²) in [4.78, 5) is 0. The fourth-order valence-corrected chi connectivity index (χ4v) is 1.04. The highest BCUT2D eigenvalue weighted by Crippen LogP contribution is 2.21. The van der Waals surface area contributed by atoms with Gasteiger partial charge < -0.3 is 10.4 Å². The van der Waals surface area contributed by atoms with Crippen molar-refractivity contribution in [1.29, 1.82) is 0 Å². The molecule has 0 unspecified atom stereocenters. The first-order valence-corrected chi connectivity index (χ1v) is 3.74. The van der Waals surface area contributed by atoms with Crippen LogP contribution in [0.3, 0.4) is 0 Å². The fraction of sp³-hybridized carbons (Fsp3) is 0.250. The smallest absolute Gasteiger partial charge is 0.121 e. The normalized spacial score (nSPS) is 9.17. The Morgan fingerprint density at radius 2 is 2.17 bits per heavy atom. The van der Waals surface area contributed by atoms with Gasteiger partial charge in [-0.2, -0.15) is 0 Å². The molecule has 0 atom stereocenters. The van der Waals surface area contributed by atoms with Crippen molar-refractivity contribution >= 4 is 24.0 Å². The van der Waals surface area contributed by atoms with E-state index in [9.17, 15) is 5.11 Å². The van der Waals surface area contributed by atoms with Crippen LogP contribution in [0.5, 0.6) is 5.75 Å². The van der Waals surface area contributed by atoms with Crippen LogP contribution in [0.25, 0.3) is 0 Å². The van der Waals surface area contributed by atoms with Crippen molar-refractivity contribution in [2.45, 2.75) is 6.54 Å². The lowest BCUT2D eigenvalue weighted by molar-refractivity contribution is 0.466. The van der Waals surface area contributed by atoms with Crippen LogP contribution in [-0.2, 0) is 6.54 Å². The average Bonchev–Trinajstić information content (AvgIpc) is 1.95. The molecule has 0 aliphatic heterocycles. The topological polar surface area (TPSA) is 32.3 Å². The summed E-state index contributed by atoms with van der Waals surface area (Å²) in [5.74, 6) is 0.242. The van der Waals surface area contributed by atoms with Gasteiger partial charge in [0.2, 0.25) is 0 Å². The van der Waals surface area contributed by atoms with Crippen molar-refractivity contribution in [1.82, 2.24) is 5.32 Å². The first-order valence-electron chi connectivity index (χ1n) is 3.36. The van der Waals surface area contributed by atoms with E-state index in [1.807, 2.05) is 7.05 Å². The zero-order valence-corrected chi connectivity index (χ0v) is 8.25. The summed E-state index contributed by atoms with van der Waals surface area (Å²) in [5.41, 5.74) is 0.858. The van der Waals surface area contributed by atoms with Crippen molar-refractivity contribution < 1.29 is 5.11 Å². The lowest BCUT2D eigenvalue weighted by Gasteiger charge is -2.02. The van der Waals surface area contributed by atoms with Gasteiger partial charge >= 0.3 is 0 Å². The number of nitrogens with one attached hydrogen (secondary N) is 1. The molecule has 12 heavy (non-hydrogen) atoms. The molecule has 1 aromatic carbocycles. The van der Waals surface area contributed by atoms with Gasteiger partial charge in [0.15, 0.2) is 0 Å². The maximum Gasteiger partial charge on any atom is 0.121 e. The van der Waals surface area contributed by atoms with Gasteiger partial charge in [-0.05, 0) is 19.2 Å². The molecule has 0 saturated heterocycles. The van der Waals surface area contributed by atoms with Gasteiger partial charge in [-0.1, -0.05) is 17.7 Å². The lowest BCUT2D eigenvalue weighted by Crippen LogP contribution is -2.04. The predicted molar refractivity (Wildman–Crippen MR) is 53.1 cm³/mol. The SMILES string of the molecule is CNCc1ccc(Cl)cc1O.Cl. The molecule has 0 amide bonds. The molecule has 0 saturated carbocycles. The highest BCUT2D eigenvalue weighted by Gasteiger charge is 1.98. The van der Waals surface area contributed by atoms with Crippen molar-refractivity contribution in [3.63, 3.8) is 0 Å². The number of aromatic hydroxyl groups is 1. The zero-order valence-electron chi connectivity index (χ0n) is 6.67. The molecular formula is C8H11Cl2NO. The summed E-state index contributed by atoms with van der Waals surface area (Å²) >= 11 is 5.64. The van der Waals surface area contributed by atoms with E-state index in [2.05, 4.69) is 5.32 Å². The number of halogens is 2. The van der Waals surface area contributed by atoms with Crippen LogP contribution in [0.2, 0.25) is 5.02 Å². The van der Waals surface area contributed by atoms with Crippen LogP contribution in [0.1, 0.15) is 5.56 Å². The predicted octanol–water partition coefficient (Wildman–Crippen LogP) is 2.19. The molecule has 0 aromatic heterocycles. The second-order valence-corrected chi connectivity index (χ2v) is 2.74. The summed E-state index contributed by atoms with van der Waals surface area (Å²) in [7, 11) is 1.83. The largest absolute Gasteiger partial charge is 0.508 e. The molecule has 4 heteroatoms. The average molecular weight is 208 g/mol. The molecule has 0 aliphatic rings.